The molecule has 2 nitrogen and oxygen atoms in total. The van der Waals surface area contributed by atoms with E-state index in [0.717, 1.165) is 31.4 Å². The van der Waals surface area contributed by atoms with E-state index in [0.29, 0.717) is 6.61 Å². The number of hydrogen-bond donors (Lipinski definition) is 1. The van der Waals surface area contributed by atoms with E-state index in [1.165, 1.54) is 12.1 Å². The van der Waals surface area contributed by atoms with Crippen molar-refractivity contribution >= 4 is 0 Å². The van der Waals surface area contributed by atoms with Gasteiger partial charge in [-0.05, 0) is 50.4 Å². The molecule has 0 saturated heterocycles. The molecule has 0 aliphatic heterocycles. The highest BCUT2D eigenvalue weighted by molar-refractivity contribution is 5.18. The maximum Gasteiger partial charge on any atom is 0.123 e. The van der Waals surface area contributed by atoms with Crippen molar-refractivity contribution < 1.29 is 9.13 Å². The molecule has 3 heteroatoms. The highest BCUT2D eigenvalue weighted by Crippen LogP contribution is 2.27. The molecule has 0 radical (unpaired) electrons. The largest absolute Gasteiger partial charge is 0.374 e. The van der Waals surface area contributed by atoms with Crippen LogP contribution >= 0.6 is 0 Å². The summed E-state index contributed by atoms with van der Waals surface area (Å²) in [7, 11) is 0. The van der Waals surface area contributed by atoms with Crippen LogP contribution in [-0.2, 0) is 11.2 Å². The molecule has 20 heavy (non-hydrogen) atoms. The van der Waals surface area contributed by atoms with E-state index in [9.17, 15) is 4.39 Å². The van der Waals surface area contributed by atoms with Gasteiger partial charge in [-0.3, -0.25) is 0 Å². The number of halogens is 1. The summed E-state index contributed by atoms with van der Waals surface area (Å²) >= 11 is 0. The second-order valence-electron chi connectivity index (χ2n) is 5.15. The molecule has 0 aliphatic rings. The minimum atomic E-state index is -0.184. The minimum absolute atomic E-state index is 0.154. The molecule has 1 N–H and O–H groups in total. The first kappa shape index (κ1) is 17.1. The van der Waals surface area contributed by atoms with Gasteiger partial charge in [-0.2, -0.15) is 0 Å². The second kappa shape index (κ2) is 8.38. The Hall–Kier alpha value is -0.930. The summed E-state index contributed by atoms with van der Waals surface area (Å²) in [6, 6.07) is 7.02. The smallest absolute Gasteiger partial charge is 0.123 e. The van der Waals surface area contributed by atoms with Gasteiger partial charge in [0, 0.05) is 12.6 Å². The first-order valence-electron chi connectivity index (χ1n) is 7.73. The predicted octanol–water partition coefficient (Wildman–Crippen LogP) is 3.94. The van der Waals surface area contributed by atoms with E-state index in [2.05, 4.69) is 26.1 Å². The molecular formula is C17H28FNO. The summed E-state index contributed by atoms with van der Waals surface area (Å²) < 4.78 is 19.1. The Morgan fingerprint density at radius 3 is 2.15 bits per heavy atom. The Morgan fingerprint density at radius 1 is 1.10 bits per heavy atom. The van der Waals surface area contributed by atoms with Crippen LogP contribution < -0.4 is 5.32 Å². The molecule has 114 valence electrons. The van der Waals surface area contributed by atoms with Gasteiger partial charge in [0.1, 0.15) is 5.82 Å². The average Bonchev–Trinajstić information content (AvgIpc) is 2.47. The summed E-state index contributed by atoms with van der Waals surface area (Å²) in [4.78, 5) is 0. The summed E-state index contributed by atoms with van der Waals surface area (Å²) in [6.45, 7) is 10.1. The molecule has 0 heterocycles. The number of benzene rings is 1. The van der Waals surface area contributed by atoms with Crippen molar-refractivity contribution in [2.24, 2.45) is 0 Å². The zero-order valence-corrected chi connectivity index (χ0v) is 13.2. The van der Waals surface area contributed by atoms with E-state index in [-0.39, 0.29) is 17.5 Å². The van der Waals surface area contributed by atoms with Gasteiger partial charge < -0.3 is 10.1 Å². The lowest BCUT2D eigenvalue weighted by molar-refractivity contribution is -0.0715. The lowest BCUT2D eigenvalue weighted by atomic mass is 9.84. The zero-order chi connectivity index (χ0) is 15.0. The van der Waals surface area contributed by atoms with Crippen LogP contribution in [0.5, 0.6) is 0 Å². The molecule has 1 rings (SSSR count). The SMILES string of the molecule is CCNC(Cc1ccc(F)cc1)C(CC)(CC)OCC. The Kier molecular flexibility index (Phi) is 7.17. The second-order valence-corrected chi connectivity index (χ2v) is 5.15. The van der Waals surface area contributed by atoms with Gasteiger partial charge >= 0.3 is 0 Å². The Balaban J connectivity index is 2.93. The van der Waals surface area contributed by atoms with Crippen LogP contribution in [-0.4, -0.2) is 24.8 Å². The fourth-order valence-corrected chi connectivity index (χ4v) is 2.88. The summed E-state index contributed by atoms with van der Waals surface area (Å²) in [5, 5.41) is 3.55. The maximum atomic E-state index is 13.0. The highest BCUT2D eigenvalue weighted by atomic mass is 19.1. The van der Waals surface area contributed by atoms with E-state index in [1.807, 2.05) is 19.1 Å². The van der Waals surface area contributed by atoms with Crippen LogP contribution in [0, 0.1) is 5.82 Å². The fourth-order valence-electron chi connectivity index (χ4n) is 2.88. The topological polar surface area (TPSA) is 21.3 Å². The maximum absolute atomic E-state index is 13.0. The third kappa shape index (κ3) is 4.29. The van der Waals surface area contributed by atoms with E-state index in [1.54, 1.807) is 0 Å². The zero-order valence-electron chi connectivity index (χ0n) is 13.2. The molecule has 0 aromatic heterocycles. The quantitative estimate of drug-likeness (QED) is 0.740. The molecular weight excluding hydrogens is 253 g/mol. The highest BCUT2D eigenvalue weighted by Gasteiger charge is 2.35. The van der Waals surface area contributed by atoms with Crippen molar-refractivity contribution in [3.8, 4) is 0 Å². The van der Waals surface area contributed by atoms with Crippen LogP contribution in [0.3, 0.4) is 0 Å². The number of likely N-dealkylation sites (N-methyl/N-ethyl adjacent to an activating group) is 1. The molecule has 0 aliphatic carbocycles. The van der Waals surface area contributed by atoms with Crippen LogP contribution in [0.15, 0.2) is 24.3 Å². The van der Waals surface area contributed by atoms with Crippen molar-refractivity contribution in [2.45, 2.75) is 58.6 Å². The third-order valence-electron chi connectivity index (χ3n) is 4.07. The molecule has 0 spiro atoms. The molecule has 0 fully saturated rings. The lowest BCUT2D eigenvalue weighted by Crippen LogP contribution is -2.53. The van der Waals surface area contributed by atoms with E-state index in [4.69, 9.17) is 4.74 Å². The summed E-state index contributed by atoms with van der Waals surface area (Å²) in [6.07, 6.45) is 2.79. The Bertz CT molecular complexity index is 373. The molecule has 1 atom stereocenters. The predicted molar refractivity (Wildman–Crippen MR) is 82.5 cm³/mol. The normalized spacial score (nSPS) is 13.4. The van der Waals surface area contributed by atoms with Gasteiger partial charge in [0.05, 0.1) is 5.60 Å². The molecule has 0 saturated carbocycles. The lowest BCUT2D eigenvalue weighted by Gasteiger charge is -2.40. The average molecular weight is 281 g/mol. The first-order chi connectivity index (χ1) is 9.61. The third-order valence-corrected chi connectivity index (χ3v) is 4.07. The van der Waals surface area contributed by atoms with Crippen LogP contribution in [0.2, 0.25) is 0 Å². The minimum Gasteiger partial charge on any atom is -0.374 e. The van der Waals surface area contributed by atoms with Crippen LogP contribution in [0.25, 0.3) is 0 Å². The van der Waals surface area contributed by atoms with Crippen molar-refractivity contribution in [2.75, 3.05) is 13.2 Å². The first-order valence-corrected chi connectivity index (χ1v) is 7.73. The number of hydrogen-bond acceptors (Lipinski definition) is 2. The monoisotopic (exact) mass is 281 g/mol. The van der Waals surface area contributed by atoms with Gasteiger partial charge in [0.15, 0.2) is 0 Å². The number of rotatable bonds is 9. The molecule has 0 amide bonds. The summed E-state index contributed by atoms with van der Waals surface area (Å²) in [5.41, 5.74) is 0.988. The van der Waals surface area contributed by atoms with Gasteiger partial charge in [0.25, 0.3) is 0 Å². The summed E-state index contributed by atoms with van der Waals surface area (Å²) in [5.74, 6) is -0.184. The van der Waals surface area contributed by atoms with Crippen molar-refractivity contribution in [1.29, 1.82) is 0 Å². The van der Waals surface area contributed by atoms with Crippen molar-refractivity contribution in [3.63, 3.8) is 0 Å². The molecule has 0 bridgehead atoms. The van der Waals surface area contributed by atoms with Gasteiger partial charge in [0.2, 0.25) is 0 Å². The van der Waals surface area contributed by atoms with Crippen LogP contribution in [0.1, 0.15) is 46.1 Å². The van der Waals surface area contributed by atoms with Crippen molar-refractivity contribution in [3.05, 3.63) is 35.6 Å². The Labute approximate surface area is 122 Å². The van der Waals surface area contributed by atoms with E-state index >= 15 is 0 Å². The number of nitrogens with one attached hydrogen (secondary N) is 1. The van der Waals surface area contributed by atoms with Gasteiger partial charge in [-0.25, -0.2) is 4.39 Å². The Morgan fingerprint density at radius 2 is 1.70 bits per heavy atom. The van der Waals surface area contributed by atoms with E-state index < -0.39 is 0 Å². The number of ether oxygens (including phenoxy) is 1. The molecule has 1 aromatic rings. The van der Waals surface area contributed by atoms with Crippen molar-refractivity contribution in [1.82, 2.24) is 5.32 Å². The molecule has 1 unspecified atom stereocenters. The van der Waals surface area contributed by atoms with Gasteiger partial charge in [-0.1, -0.05) is 32.9 Å². The van der Waals surface area contributed by atoms with Gasteiger partial charge in [-0.15, -0.1) is 0 Å². The fraction of sp³-hybridized carbons (Fsp3) is 0.647. The molecule has 1 aromatic carbocycles. The standard InChI is InChI=1S/C17H28FNO/c1-5-17(6-2,20-8-4)16(19-7-3)13-14-9-11-15(18)12-10-14/h9-12,16,19H,5-8,13H2,1-4H3. The van der Waals surface area contributed by atoms with Crippen LogP contribution in [0.4, 0.5) is 4.39 Å².